The number of rotatable bonds is 6. The summed E-state index contributed by atoms with van der Waals surface area (Å²) in [6.45, 7) is 0.112. The van der Waals surface area contributed by atoms with Gasteiger partial charge in [-0.3, -0.25) is 4.79 Å². The van der Waals surface area contributed by atoms with Gasteiger partial charge in [0, 0.05) is 12.1 Å². The molecule has 1 aliphatic carbocycles. The van der Waals surface area contributed by atoms with Crippen LogP contribution in [0.25, 0.3) is 11.1 Å². The lowest BCUT2D eigenvalue weighted by Crippen LogP contribution is -2.31. The van der Waals surface area contributed by atoms with Crippen LogP contribution >= 0.6 is 0 Å². The van der Waals surface area contributed by atoms with Gasteiger partial charge in [-0.25, -0.2) is 9.78 Å². The topological polar surface area (TPSA) is 88.5 Å². The Kier molecular flexibility index (Phi) is 5.43. The Balaban J connectivity index is 1.47. The first-order valence-electron chi connectivity index (χ1n) is 9.47. The highest BCUT2D eigenvalue weighted by Crippen LogP contribution is 2.44. The Bertz CT molecular complexity index is 1040. The zero-order valence-corrected chi connectivity index (χ0v) is 15.9. The number of aliphatic carboxylic acids is 1. The number of halogens is 1. The Labute approximate surface area is 172 Å². The molecule has 0 radical (unpaired) electrons. The van der Waals surface area contributed by atoms with E-state index >= 15 is 0 Å². The molecule has 4 rings (SSSR count). The molecule has 2 N–H and O–H groups in total. The van der Waals surface area contributed by atoms with Crippen LogP contribution in [-0.2, 0) is 9.53 Å². The molecule has 0 aliphatic heterocycles. The first kappa shape index (κ1) is 19.6. The number of carbonyl (C=O) groups excluding carboxylic acids is 1. The molecular weight excluding hydrogens is 387 g/mol. The van der Waals surface area contributed by atoms with Crippen LogP contribution in [0, 0.1) is 5.95 Å². The number of alkyl carbamates (subject to hydrolysis) is 1. The maximum Gasteiger partial charge on any atom is 0.407 e. The van der Waals surface area contributed by atoms with Gasteiger partial charge in [0.25, 0.3) is 0 Å². The van der Waals surface area contributed by atoms with Gasteiger partial charge in [0.05, 0.1) is 12.5 Å². The summed E-state index contributed by atoms with van der Waals surface area (Å²) in [6, 6.07) is 17.6. The molecule has 6 nitrogen and oxygen atoms in total. The van der Waals surface area contributed by atoms with E-state index in [9.17, 15) is 14.0 Å². The summed E-state index contributed by atoms with van der Waals surface area (Å²) in [5.41, 5.74) is 4.77. The molecular formula is C23H19FN2O4. The normalized spacial score (nSPS) is 13.2. The zero-order chi connectivity index (χ0) is 21.1. The van der Waals surface area contributed by atoms with Crippen LogP contribution in [0.1, 0.15) is 35.1 Å². The van der Waals surface area contributed by atoms with E-state index in [4.69, 9.17) is 9.84 Å². The predicted molar refractivity (Wildman–Crippen MR) is 107 cm³/mol. The number of nitrogens with zero attached hydrogens (tertiary/aromatic N) is 1. The molecule has 0 spiro atoms. The fourth-order valence-electron chi connectivity index (χ4n) is 3.80. The maximum atomic E-state index is 13.1. The predicted octanol–water partition coefficient (Wildman–Crippen LogP) is 4.28. The number of amides is 1. The first-order valence-corrected chi connectivity index (χ1v) is 9.47. The van der Waals surface area contributed by atoms with Gasteiger partial charge in [-0.1, -0.05) is 54.6 Å². The molecule has 7 heteroatoms. The SMILES string of the molecule is O=C(O)C[C@H](NC(=O)OCC1c2ccccc2-c2ccccc21)c1ccc(F)nc1. The average molecular weight is 406 g/mol. The van der Waals surface area contributed by atoms with Gasteiger partial charge in [0.15, 0.2) is 0 Å². The minimum atomic E-state index is -1.11. The Morgan fingerprint density at radius 3 is 2.23 bits per heavy atom. The standard InChI is InChI=1S/C23H19FN2O4/c24-21-10-9-14(12-25-21)20(11-22(27)28)26-23(29)30-13-19-17-7-3-1-5-15(17)16-6-2-4-8-18(16)19/h1-10,12,19-20H,11,13H2,(H,26,29)(H,27,28)/t20-/m0/s1. The number of fused-ring (bicyclic) bond motifs is 3. The number of nitrogens with one attached hydrogen (secondary N) is 1. The van der Waals surface area contributed by atoms with E-state index in [1.54, 1.807) is 0 Å². The van der Waals surface area contributed by atoms with Crippen LogP contribution in [0.5, 0.6) is 0 Å². The summed E-state index contributed by atoms with van der Waals surface area (Å²) >= 11 is 0. The van der Waals surface area contributed by atoms with Crippen LogP contribution in [0.2, 0.25) is 0 Å². The quantitative estimate of drug-likeness (QED) is 0.597. The van der Waals surface area contributed by atoms with E-state index in [1.165, 1.54) is 12.3 Å². The molecule has 30 heavy (non-hydrogen) atoms. The van der Waals surface area contributed by atoms with Crippen molar-refractivity contribution in [1.82, 2.24) is 10.3 Å². The zero-order valence-electron chi connectivity index (χ0n) is 15.9. The van der Waals surface area contributed by atoms with Gasteiger partial charge >= 0.3 is 12.1 Å². The maximum absolute atomic E-state index is 13.1. The van der Waals surface area contributed by atoms with E-state index in [0.717, 1.165) is 28.3 Å². The van der Waals surface area contributed by atoms with Gasteiger partial charge in [-0.05, 0) is 33.9 Å². The molecule has 1 aromatic heterocycles. The Morgan fingerprint density at radius 1 is 1.03 bits per heavy atom. The molecule has 1 amide bonds. The van der Waals surface area contributed by atoms with Crippen molar-refractivity contribution in [3.05, 3.63) is 89.5 Å². The molecule has 1 aliphatic rings. The van der Waals surface area contributed by atoms with Gasteiger partial charge in [0.1, 0.15) is 6.61 Å². The largest absolute Gasteiger partial charge is 0.481 e. The number of pyridine rings is 1. The van der Waals surface area contributed by atoms with Crippen molar-refractivity contribution < 1.29 is 23.8 Å². The number of carboxylic acids is 1. The van der Waals surface area contributed by atoms with E-state index in [-0.39, 0.29) is 18.9 Å². The van der Waals surface area contributed by atoms with Crippen molar-refractivity contribution in [2.75, 3.05) is 6.61 Å². The summed E-state index contributed by atoms with van der Waals surface area (Å²) < 4.78 is 18.5. The molecule has 2 aromatic carbocycles. The highest BCUT2D eigenvalue weighted by molar-refractivity contribution is 5.79. The van der Waals surface area contributed by atoms with Crippen LogP contribution in [0.4, 0.5) is 9.18 Å². The molecule has 152 valence electrons. The number of aromatic nitrogens is 1. The average Bonchev–Trinajstić information content (AvgIpc) is 3.06. The lowest BCUT2D eigenvalue weighted by molar-refractivity contribution is -0.137. The second-order valence-corrected chi connectivity index (χ2v) is 7.03. The molecule has 0 saturated heterocycles. The summed E-state index contributed by atoms with van der Waals surface area (Å²) in [6.07, 6.45) is 0.0805. The molecule has 1 heterocycles. The van der Waals surface area contributed by atoms with Gasteiger partial charge in [0.2, 0.25) is 5.95 Å². The highest BCUT2D eigenvalue weighted by Gasteiger charge is 2.29. The number of hydrogen-bond donors (Lipinski definition) is 2. The van der Waals surface area contributed by atoms with Crippen LogP contribution in [0.15, 0.2) is 66.9 Å². The van der Waals surface area contributed by atoms with Crippen molar-refractivity contribution in [2.45, 2.75) is 18.4 Å². The summed E-state index contributed by atoms with van der Waals surface area (Å²) in [7, 11) is 0. The minimum Gasteiger partial charge on any atom is -0.481 e. The van der Waals surface area contributed by atoms with Gasteiger partial charge in [-0.15, -0.1) is 0 Å². The third-order valence-electron chi connectivity index (χ3n) is 5.17. The van der Waals surface area contributed by atoms with E-state index < -0.39 is 24.1 Å². The second-order valence-electron chi connectivity index (χ2n) is 7.03. The molecule has 0 saturated carbocycles. The van der Waals surface area contributed by atoms with Crippen molar-refractivity contribution in [1.29, 1.82) is 0 Å². The van der Waals surface area contributed by atoms with E-state index in [2.05, 4.69) is 10.3 Å². The third kappa shape index (κ3) is 4.00. The van der Waals surface area contributed by atoms with Gasteiger partial charge in [-0.2, -0.15) is 4.39 Å². The Morgan fingerprint density at radius 2 is 1.67 bits per heavy atom. The number of benzene rings is 2. The fourth-order valence-corrected chi connectivity index (χ4v) is 3.80. The molecule has 1 atom stereocenters. The highest BCUT2D eigenvalue weighted by atomic mass is 19.1. The van der Waals surface area contributed by atoms with Crippen molar-refractivity contribution >= 4 is 12.1 Å². The lowest BCUT2D eigenvalue weighted by atomic mass is 9.98. The number of ether oxygens (including phenoxy) is 1. The van der Waals surface area contributed by atoms with Crippen molar-refractivity contribution in [3.63, 3.8) is 0 Å². The van der Waals surface area contributed by atoms with E-state index in [0.29, 0.717) is 5.56 Å². The summed E-state index contributed by atoms with van der Waals surface area (Å²) in [5, 5.41) is 11.7. The van der Waals surface area contributed by atoms with Crippen molar-refractivity contribution in [2.24, 2.45) is 0 Å². The fraction of sp³-hybridized carbons (Fsp3) is 0.174. The number of carbonyl (C=O) groups is 2. The van der Waals surface area contributed by atoms with Gasteiger partial charge < -0.3 is 15.2 Å². The lowest BCUT2D eigenvalue weighted by Gasteiger charge is -2.19. The third-order valence-corrected chi connectivity index (χ3v) is 5.17. The van der Waals surface area contributed by atoms with Crippen LogP contribution in [0.3, 0.4) is 0 Å². The molecule has 0 fully saturated rings. The first-order chi connectivity index (χ1) is 14.5. The number of hydrogen-bond acceptors (Lipinski definition) is 4. The summed E-state index contributed by atoms with van der Waals surface area (Å²) in [5.74, 6) is -1.90. The van der Waals surface area contributed by atoms with Crippen LogP contribution in [-0.4, -0.2) is 28.8 Å². The molecule has 0 bridgehead atoms. The second kappa shape index (κ2) is 8.32. The molecule has 3 aromatic rings. The monoisotopic (exact) mass is 406 g/mol. The van der Waals surface area contributed by atoms with E-state index in [1.807, 2.05) is 48.5 Å². The smallest absolute Gasteiger partial charge is 0.407 e. The minimum absolute atomic E-state index is 0.103. The molecule has 0 unspecified atom stereocenters. The Hall–Kier alpha value is -3.74. The summed E-state index contributed by atoms with van der Waals surface area (Å²) in [4.78, 5) is 27.1. The number of carboxylic acid groups (broad SMARTS) is 1. The van der Waals surface area contributed by atoms with Crippen molar-refractivity contribution in [3.8, 4) is 11.1 Å². The van der Waals surface area contributed by atoms with Crippen LogP contribution < -0.4 is 5.32 Å².